The van der Waals surface area contributed by atoms with Crippen LogP contribution in [0.1, 0.15) is 16.4 Å². The van der Waals surface area contributed by atoms with Gasteiger partial charge in [0.2, 0.25) is 11.7 Å². The van der Waals surface area contributed by atoms with E-state index in [-0.39, 0.29) is 0 Å². The summed E-state index contributed by atoms with van der Waals surface area (Å²) in [6.07, 6.45) is -4.62. The van der Waals surface area contributed by atoms with Crippen LogP contribution >= 0.6 is 0 Å². The van der Waals surface area contributed by atoms with Crippen LogP contribution in [-0.4, -0.2) is 70.2 Å². The molecule has 1 aromatic heterocycles. The van der Waals surface area contributed by atoms with Crippen LogP contribution in [0, 0.1) is 6.92 Å². The fraction of sp³-hybridized carbons (Fsp3) is 0.600. The van der Waals surface area contributed by atoms with Crippen molar-refractivity contribution in [1.29, 1.82) is 0 Å². The standard InChI is InChI=1S/C10H14F3N5O2/c1-6-14-8(16-15-6)9(20)18(5-10(11,12)13)4-7(19)17(2)3/h4-5H2,1-3H3,(H,14,15,16). The molecule has 1 heterocycles. The van der Waals surface area contributed by atoms with Crippen molar-refractivity contribution in [2.45, 2.75) is 13.1 Å². The van der Waals surface area contributed by atoms with Crippen LogP contribution in [-0.2, 0) is 4.79 Å². The second-order valence-electron chi connectivity index (χ2n) is 4.31. The average molecular weight is 293 g/mol. The van der Waals surface area contributed by atoms with Gasteiger partial charge < -0.3 is 9.80 Å². The first kappa shape index (κ1) is 15.9. The van der Waals surface area contributed by atoms with E-state index in [1.54, 1.807) is 0 Å². The minimum atomic E-state index is -4.62. The first-order valence-corrected chi connectivity index (χ1v) is 5.55. The van der Waals surface area contributed by atoms with E-state index in [1.807, 2.05) is 0 Å². The zero-order chi connectivity index (χ0) is 15.5. The van der Waals surface area contributed by atoms with Crippen molar-refractivity contribution in [3.63, 3.8) is 0 Å². The van der Waals surface area contributed by atoms with Crippen molar-refractivity contribution in [2.75, 3.05) is 27.2 Å². The van der Waals surface area contributed by atoms with Crippen LogP contribution < -0.4 is 0 Å². The molecule has 0 radical (unpaired) electrons. The number of H-pyrrole nitrogens is 1. The van der Waals surface area contributed by atoms with Gasteiger partial charge in [0.1, 0.15) is 18.9 Å². The fourth-order valence-corrected chi connectivity index (χ4v) is 1.30. The number of carbonyl (C=O) groups is 2. The summed E-state index contributed by atoms with van der Waals surface area (Å²) in [6.45, 7) is -0.735. The number of rotatable bonds is 4. The molecule has 0 atom stereocenters. The smallest absolute Gasteiger partial charge is 0.347 e. The molecule has 0 bridgehead atoms. The van der Waals surface area contributed by atoms with Crippen LogP contribution in [0.5, 0.6) is 0 Å². The van der Waals surface area contributed by atoms with Gasteiger partial charge in [-0.15, -0.1) is 5.10 Å². The number of aromatic nitrogens is 3. The molecule has 0 saturated carbocycles. The highest BCUT2D eigenvalue weighted by molar-refractivity contribution is 5.93. The van der Waals surface area contributed by atoms with E-state index in [1.165, 1.54) is 21.0 Å². The number of alkyl halides is 3. The summed E-state index contributed by atoms with van der Waals surface area (Å²) in [6, 6.07) is 0. The summed E-state index contributed by atoms with van der Waals surface area (Å²) in [5.74, 6) is -1.80. The van der Waals surface area contributed by atoms with Gasteiger partial charge in [-0.05, 0) is 6.92 Å². The molecule has 10 heteroatoms. The van der Waals surface area contributed by atoms with E-state index in [4.69, 9.17) is 0 Å². The summed E-state index contributed by atoms with van der Waals surface area (Å²) in [5.41, 5.74) is 0. The molecule has 0 aliphatic rings. The number of likely N-dealkylation sites (N-methyl/N-ethyl adjacent to an activating group) is 1. The van der Waals surface area contributed by atoms with Crippen molar-refractivity contribution in [3.05, 3.63) is 11.6 Å². The number of hydrogen-bond donors (Lipinski definition) is 1. The van der Waals surface area contributed by atoms with Crippen LogP contribution in [0.2, 0.25) is 0 Å². The fourth-order valence-electron chi connectivity index (χ4n) is 1.30. The maximum Gasteiger partial charge on any atom is 0.406 e. The van der Waals surface area contributed by atoms with E-state index < -0.39 is 36.9 Å². The highest BCUT2D eigenvalue weighted by Crippen LogP contribution is 2.17. The van der Waals surface area contributed by atoms with Crippen molar-refractivity contribution in [3.8, 4) is 0 Å². The Morgan fingerprint density at radius 3 is 2.30 bits per heavy atom. The SMILES string of the molecule is Cc1nc(C(=O)N(CC(=O)N(C)C)CC(F)(F)F)n[nH]1. The molecule has 1 rings (SSSR count). The topological polar surface area (TPSA) is 82.2 Å². The Morgan fingerprint density at radius 2 is 1.90 bits per heavy atom. The van der Waals surface area contributed by atoms with Crippen molar-refractivity contribution >= 4 is 11.8 Å². The number of aryl methyl sites for hydroxylation is 1. The lowest BCUT2D eigenvalue weighted by atomic mass is 10.4. The molecule has 0 aliphatic heterocycles. The average Bonchev–Trinajstić information content (AvgIpc) is 2.72. The predicted octanol–water partition coefficient (Wildman–Crippen LogP) is 0.206. The Hall–Kier alpha value is -2.13. The number of amides is 2. The molecule has 20 heavy (non-hydrogen) atoms. The van der Waals surface area contributed by atoms with E-state index in [0.717, 1.165) is 4.90 Å². The normalized spacial score (nSPS) is 11.3. The van der Waals surface area contributed by atoms with Crippen molar-refractivity contribution < 1.29 is 22.8 Å². The van der Waals surface area contributed by atoms with Gasteiger partial charge in [0.05, 0.1) is 0 Å². The molecule has 7 nitrogen and oxygen atoms in total. The zero-order valence-electron chi connectivity index (χ0n) is 11.2. The zero-order valence-corrected chi connectivity index (χ0v) is 11.2. The van der Waals surface area contributed by atoms with E-state index in [0.29, 0.717) is 10.7 Å². The molecule has 0 aliphatic carbocycles. The first-order valence-electron chi connectivity index (χ1n) is 5.55. The monoisotopic (exact) mass is 293 g/mol. The minimum Gasteiger partial charge on any atom is -0.347 e. The van der Waals surface area contributed by atoms with Gasteiger partial charge >= 0.3 is 6.18 Å². The van der Waals surface area contributed by atoms with Crippen LogP contribution in [0.15, 0.2) is 0 Å². The lowest BCUT2D eigenvalue weighted by Crippen LogP contribution is -2.45. The van der Waals surface area contributed by atoms with Gasteiger partial charge in [0.15, 0.2) is 0 Å². The number of carbonyl (C=O) groups excluding carboxylic acids is 2. The summed E-state index contributed by atoms with van der Waals surface area (Å²) >= 11 is 0. The third-order valence-corrected chi connectivity index (χ3v) is 2.27. The molecule has 0 saturated heterocycles. The molecular formula is C10H14F3N5O2. The number of nitrogens with zero attached hydrogens (tertiary/aromatic N) is 4. The van der Waals surface area contributed by atoms with Gasteiger partial charge in [-0.1, -0.05) is 0 Å². The molecule has 0 unspecified atom stereocenters. The Labute approximate surface area is 112 Å². The third-order valence-electron chi connectivity index (χ3n) is 2.27. The van der Waals surface area contributed by atoms with Gasteiger partial charge in [-0.25, -0.2) is 4.98 Å². The van der Waals surface area contributed by atoms with Crippen molar-refractivity contribution in [1.82, 2.24) is 25.0 Å². The van der Waals surface area contributed by atoms with E-state index in [2.05, 4.69) is 15.2 Å². The van der Waals surface area contributed by atoms with Gasteiger partial charge in [0, 0.05) is 14.1 Å². The number of aromatic amines is 1. The van der Waals surface area contributed by atoms with Crippen LogP contribution in [0.4, 0.5) is 13.2 Å². The second-order valence-corrected chi connectivity index (χ2v) is 4.31. The molecule has 0 spiro atoms. The lowest BCUT2D eigenvalue weighted by molar-refractivity contribution is -0.146. The maximum absolute atomic E-state index is 12.5. The third kappa shape index (κ3) is 4.52. The summed E-state index contributed by atoms with van der Waals surface area (Å²) < 4.78 is 37.4. The Morgan fingerprint density at radius 1 is 1.30 bits per heavy atom. The predicted molar refractivity (Wildman–Crippen MR) is 61.8 cm³/mol. The molecule has 1 N–H and O–H groups in total. The van der Waals surface area contributed by atoms with E-state index >= 15 is 0 Å². The molecule has 2 amide bonds. The second kappa shape index (κ2) is 5.88. The van der Waals surface area contributed by atoms with Gasteiger partial charge in [-0.3, -0.25) is 14.7 Å². The Bertz CT molecular complexity index is 497. The summed E-state index contributed by atoms with van der Waals surface area (Å²) in [4.78, 5) is 28.5. The minimum absolute atomic E-state index is 0.291. The number of nitrogens with one attached hydrogen (secondary N) is 1. The first-order chi connectivity index (χ1) is 9.10. The largest absolute Gasteiger partial charge is 0.406 e. The van der Waals surface area contributed by atoms with Gasteiger partial charge in [0.25, 0.3) is 5.91 Å². The molecule has 1 aromatic rings. The Balaban J connectivity index is 2.92. The molecule has 0 aromatic carbocycles. The van der Waals surface area contributed by atoms with Crippen LogP contribution in [0.3, 0.4) is 0 Å². The lowest BCUT2D eigenvalue weighted by Gasteiger charge is -2.23. The number of halogens is 3. The maximum atomic E-state index is 12.5. The highest BCUT2D eigenvalue weighted by atomic mass is 19.4. The quantitative estimate of drug-likeness (QED) is 0.860. The van der Waals surface area contributed by atoms with Crippen LogP contribution in [0.25, 0.3) is 0 Å². The van der Waals surface area contributed by atoms with Gasteiger partial charge in [-0.2, -0.15) is 13.2 Å². The Kier molecular flexibility index (Phi) is 4.69. The van der Waals surface area contributed by atoms with E-state index in [9.17, 15) is 22.8 Å². The summed E-state index contributed by atoms with van der Waals surface area (Å²) in [7, 11) is 2.77. The number of hydrogen-bond acceptors (Lipinski definition) is 4. The molecule has 112 valence electrons. The molecule has 0 fully saturated rings. The summed E-state index contributed by atoms with van der Waals surface area (Å²) in [5, 5.41) is 5.86. The molecular weight excluding hydrogens is 279 g/mol. The highest BCUT2D eigenvalue weighted by Gasteiger charge is 2.35. The van der Waals surface area contributed by atoms with Crippen molar-refractivity contribution in [2.24, 2.45) is 0 Å².